The first kappa shape index (κ1) is 10.5. The van der Waals surface area contributed by atoms with Gasteiger partial charge in [0.15, 0.2) is 0 Å². The minimum atomic E-state index is 0.192. The molecule has 1 atom stereocenters. The van der Waals surface area contributed by atoms with Gasteiger partial charge in [-0.2, -0.15) is 0 Å². The van der Waals surface area contributed by atoms with Gasteiger partial charge in [0.05, 0.1) is 4.47 Å². The van der Waals surface area contributed by atoms with E-state index in [9.17, 15) is 0 Å². The Morgan fingerprint density at radius 3 is 3.08 bits per heavy atom. The number of hydrogen-bond donors (Lipinski definition) is 2. The van der Waals surface area contributed by atoms with E-state index in [0.717, 1.165) is 16.8 Å². The summed E-state index contributed by atoms with van der Waals surface area (Å²) in [4.78, 5) is 4.14. The standard InChI is InChI=1S/C9H13BrN2O/c1-7(6-13)5-12-9-8(10)3-2-4-11-9/h2-4,7,13H,5-6H2,1H3,(H,11,12). The zero-order chi connectivity index (χ0) is 9.68. The van der Waals surface area contributed by atoms with Gasteiger partial charge < -0.3 is 10.4 Å². The fourth-order valence-electron chi connectivity index (χ4n) is 0.851. The topological polar surface area (TPSA) is 45.1 Å². The Morgan fingerprint density at radius 2 is 2.46 bits per heavy atom. The van der Waals surface area contributed by atoms with E-state index >= 15 is 0 Å². The zero-order valence-corrected chi connectivity index (χ0v) is 9.08. The lowest BCUT2D eigenvalue weighted by Crippen LogP contribution is -2.15. The van der Waals surface area contributed by atoms with E-state index in [2.05, 4.69) is 26.2 Å². The number of nitrogens with one attached hydrogen (secondary N) is 1. The van der Waals surface area contributed by atoms with Gasteiger partial charge in [-0.1, -0.05) is 6.92 Å². The molecule has 2 N–H and O–H groups in total. The second-order valence-electron chi connectivity index (χ2n) is 3.00. The van der Waals surface area contributed by atoms with Crippen LogP contribution in [0.2, 0.25) is 0 Å². The predicted octanol–water partition coefficient (Wildman–Crippen LogP) is 1.88. The molecule has 0 bridgehead atoms. The molecule has 3 nitrogen and oxygen atoms in total. The normalized spacial score (nSPS) is 12.5. The van der Waals surface area contributed by atoms with E-state index in [-0.39, 0.29) is 12.5 Å². The molecule has 0 aliphatic carbocycles. The number of pyridine rings is 1. The van der Waals surface area contributed by atoms with Crippen molar-refractivity contribution in [1.29, 1.82) is 0 Å². The SMILES string of the molecule is CC(CO)CNc1ncccc1Br. The second-order valence-corrected chi connectivity index (χ2v) is 3.86. The van der Waals surface area contributed by atoms with E-state index < -0.39 is 0 Å². The van der Waals surface area contributed by atoms with E-state index in [1.54, 1.807) is 6.20 Å². The van der Waals surface area contributed by atoms with Crippen molar-refractivity contribution in [2.45, 2.75) is 6.92 Å². The summed E-state index contributed by atoms with van der Waals surface area (Å²) in [5.41, 5.74) is 0. The van der Waals surface area contributed by atoms with Gasteiger partial charge in [-0.15, -0.1) is 0 Å². The largest absolute Gasteiger partial charge is 0.396 e. The summed E-state index contributed by atoms with van der Waals surface area (Å²) in [5.74, 6) is 1.07. The number of aliphatic hydroxyl groups excluding tert-OH is 1. The molecule has 1 aromatic rings. The van der Waals surface area contributed by atoms with Gasteiger partial charge in [-0.3, -0.25) is 0 Å². The minimum Gasteiger partial charge on any atom is -0.396 e. The molecule has 4 heteroatoms. The Hall–Kier alpha value is -0.610. The molecule has 13 heavy (non-hydrogen) atoms. The first-order valence-electron chi connectivity index (χ1n) is 4.19. The molecule has 1 aromatic heterocycles. The monoisotopic (exact) mass is 244 g/mol. The fraction of sp³-hybridized carbons (Fsp3) is 0.444. The summed E-state index contributed by atoms with van der Waals surface area (Å²) in [6.45, 7) is 2.90. The van der Waals surface area contributed by atoms with Crippen molar-refractivity contribution in [3.05, 3.63) is 22.8 Å². The molecule has 1 unspecified atom stereocenters. The Morgan fingerprint density at radius 1 is 1.69 bits per heavy atom. The van der Waals surface area contributed by atoms with Crippen LogP contribution in [0, 0.1) is 5.92 Å². The van der Waals surface area contributed by atoms with Gasteiger partial charge in [0.25, 0.3) is 0 Å². The number of aromatic nitrogens is 1. The quantitative estimate of drug-likeness (QED) is 0.851. The highest BCUT2D eigenvalue weighted by Crippen LogP contribution is 2.18. The van der Waals surface area contributed by atoms with Crippen LogP contribution < -0.4 is 5.32 Å². The third kappa shape index (κ3) is 3.32. The van der Waals surface area contributed by atoms with Crippen LogP contribution in [0.5, 0.6) is 0 Å². The summed E-state index contributed by atoms with van der Waals surface area (Å²) in [5, 5.41) is 12.0. The average Bonchev–Trinajstić information content (AvgIpc) is 2.16. The lowest BCUT2D eigenvalue weighted by atomic mass is 10.2. The molecule has 0 amide bonds. The molecule has 1 heterocycles. The van der Waals surface area contributed by atoms with Crippen molar-refractivity contribution in [1.82, 2.24) is 4.98 Å². The van der Waals surface area contributed by atoms with Crippen molar-refractivity contribution in [2.24, 2.45) is 5.92 Å². The molecule has 0 aromatic carbocycles. The van der Waals surface area contributed by atoms with E-state index in [1.165, 1.54) is 0 Å². The van der Waals surface area contributed by atoms with Gasteiger partial charge >= 0.3 is 0 Å². The lowest BCUT2D eigenvalue weighted by molar-refractivity contribution is 0.244. The molecule has 0 spiro atoms. The van der Waals surface area contributed by atoms with Crippen LogP contribution in [0.1, 0.15) is 6.92 Å². The van der Waals surface area contributed by atoms with E-state index in [1.807, 2.05) is 19.1 Å². The minimum absolute atomic E-state index is 0.192. The number of anilines is 1. The van der Waals surface area contributed by atoms with E-state index in [4.69, 9.17) is 5.11 Å². The summed E-state index contributed by atoms with van der Waals surface area (Å²) < 4.78 is 0.945. The fourth-order valence-corrected chi connectivity index (χ4v) is 1.25. The summed E-state index contributed by atoms with van der Waals surface area (Å²) in [6.07, 6.45) is 1.73. The lowest BCUT2D eigenvalue weighted by Gasteiger charge is -2.10. The molecule has 72 valence electrons. The van der Waals surface area contributed by atoms with Gasteiger partial charge in [0.1, 0.15) is 5.82 Å². The first-order chi connectivity index (χ1) is 6.24. The van der Waals surface area contributed by atoms with Crippen LogP contribution in [-0.2, 0) is 0 Å². The maximum Gasteiger partial charge on any atom is 0.140 e. The third-order valence-electron chi connectivity index (χ3n) is 1.69. The first-order valence-corrected chi connectivity index (χ1v) is 4.98. The van der Waals surface area contributed by atoms with Crippen molar-refractivity contribution in [3.8, 4) is 0 Å². The van der Waals surface area contributed by atoms with Crippen molar-refractivity contribution in [3.63, 3.8) is 0 Å². The Balaban J connectivity index is 2.50. The molecule has 0 saturated heterocycles. The maximum atomic E-state index is 8.81. The van der Waals surface area contributed by atoms with Crippen LogP contribution in [0.4, 0.5) is 5.82 Å². The zero-order valence-electron chi connectivity index (χ0n) is 7.50. The number of nitrogens with zero attached hydrogens (tertiary/aromatic N) is 1. The summed E-state index contributed by atoms with van der Waals surface area (Å²) >= 11 is 3.38. The Bertz CT molecular complexity index is 268. The van der Waals surface area contributed by atoms with Crippen molar-refractivity contribution < 1.29 is 5.11 Å². The number of hydrogen-bond acceptors (Lipinski definition) is 3. The molecule has 1 rings (SSSR count). The summed E-state index contributed by atoms with van der Waals surface area (Å²) in [7, 11) is 0. The molecule has 0 saturated carbocycles. The highest BCUT2D eigenvalue weighted by atomic mass is 79.9. The second kappa shape index (κ2) is 5.19. The molecule has 0 aliphatic heterocycles. The van der Waals surface area contributed by atoms with Crippen LogP contribution in [0.15, 0.2) is 22.8 Å². The van der Waals surface area contributed by atoms with Gasteiger partial charge in [-0.25, -0.2) is 4.98 Å². The molecular weight excluding hydrogens is 232 g/mol. The predicted molar refractivity (Wildman–Crippen MR) is 56.7 cm³/mol. The van der Waals surface area contributed by atoms with Crippen LogP contribution in [-0.4, -0.2) is 23.2 Å². The van der Waals surface area contributed by atoms with Crippen LogP contribution in [0.3, 0.4) is 0 Å². The number of halogens is 1. The third-order valence-corrected chi connectivity index (χ3v) is 2.33. The highest BCUT2D eigenvalue weighted by Gasteiger charge is 2.02. The van der Waals surface area contributed by atoms with E-state index in [0.29, 0.717) is 0 Å². The van der Waals surface area contributed by atoms with Gasteiger partial charge in [0, 0.05) is 19.3 Å². The Kier molecular flexibility index (Phi) is 4.18. The van der Waals surface area contributed by atoms with Crippen LogP contribution in [0.25, 0.3) is 0 Å². The maximum absolute atomic E-state index is 8.81. The summed E-state index contributed by atoms with van der Waals surface area (Å²) in [6, 6.07) is 3.80. The highest BCUT2D eigenvalue weighted by molar-refractivity contribution is 9.10. The molecule has 0 radical (unpaired) electrons. The van der Waals surface area contributed by atoms with Crippen LogP contribution >= 0.6 is 15.9 Å². The Labute approximate surface area is 86.3 Å². The molecule has 0 aliphatic rings. The van der Waals surface area contributed by atoms with Crippen molar-refractivity contribution >= 4 is 21.7 Å². The van der Waals surface area contributed by atoms with Crippen molar-refractivity contribution in [2.75, 3.05) is 18.5 Å². The molecule has 0 fully saturated rings. The van der Waals surface area contributed by atoms with Gasteiger partial charge in [-0.05, 0) is 34.0 Å². The smallest absolute Gasteiger partial charge is 0.140 e. The number of rotatable bonds is 4. The average molecular weight is 245 g/mol. The number of aliphatic hydroxyl groups is 1. The molecular formula is C9H13BrN2O. The van der Waals surface area contributed by atoms with Gasteiger partial charge in [0.2, 0.25) is 0 Å².